The van der Waals surface area contributed by atoms with Crippen LogP contribution in [-0.2, 0) is 5.75 Å². The second kappa shape index (κ2) is 6.96. The van der Waals surface area contributed by atoms with Crippen LogP contribution in [0.5, 0.6) is 0 Å². The van der Waals surface area contributed by atoms with Gasteiger partial charge in [-0.1, -0.05) is 47.7 Å². The Morgan fingerprint density at radius 1 is 1.26 bits per heavy atom. The van der Waals surface area contributed by atoms with Crippen molar-refractivity contribution in [2.45, 2.75) is 12.7 Å². The second-order valence-electron chi connectivity index (χ2n) is 5.41. The molecule has 0 fully saturated rings. The fraction of sp³-hybridized carbons (Fsp3) is 0.222. The molecule has 1 aliphatic rings. The predicted octanol–water partition coefficient (Wildman–Crippen LogP) is 3.88. The lowest BCUT2D eigenvalue weighted by Gasteiger charge is -2.18. The van der Waals surface area contributed by atoms with E-state index >= 15 is 0 Å². The molecule has 0 saturated carbocycles. The van der Waals surface area contributed by atoms with Gasteiger partial charge in [0.1, 0.15) is 5.82 Å². The first-order chi connectivity index (χ1) is 11.1. The van der Waals surface area contributed by atoms with E-state index in [-0.39, 0.29) is 5.91 Å². The van der Waals surface area contributed by atoms with Gasteiger partial charge in [-0.25, -0.2) is 4.39 Å². The summed E-state index contributed by atoms with van der Waals surface area (Å²) in [5, 5.41) is 0.708. The number of halogens is 1. The maximum Gasteiger partial charge on any atom is 0.259 e. The van der Waals surface area contributed by atoms with Crippen molar-refractivity contribution in [1.82, 2.24) is 4.90 Å². The Labute approximate surface area is 139 Å². The van der Waals surface area contributed by atoms with Crippen molar-refractivity contribution in [2.75, 3.05) is 13.1 Å². The Bertz CT molecular complexity index is 743. The fourth-order valence-electron chi connectivity index (χ4n) is 2.35. The Kier molecular flexibility index (Phi) is 4.76. The van der Waals surface area contributed by atoms with E-state index in [2.05, 4.69) is 36.2 Å². The van der Waals surface area contributed by atoms with Crippen LogP contribution >= 0.6 is 11.8 Å². The van der Waals surface area contributed by atoms with E-state index < -0.39 is 5.82 Å². The topological polar surface area (TPSA) is 32.7 Å². The largest absolute Gasteiger partial charge is 0.286 e. The van der Waals surface area contributed by atoms with E-state index in [1.807, 2.05) is 0 Å². The number of aryl methyl sites for hydroxylation is 1. The van der Waals surface area contributed by atoms with Crippen molar-refractivity contribution in [1.29, 1.82) is 0 Å². The van der Waals surface area contributed by atoms with Gasteiger partial charge in [0.15, 0.2) is 5.17 Å². The first kappa shape index (κ1) is 15.7. The Balaban J connectivity index is 1.67. The monoisotopic (exact) mass is 328 g/mol. The summed E-state index contributed by atoms with van der Waals surface area (Å²) in [5.74, 6) is 0.157. The lowest BCUT2D eigenvalue weighted by Crippen LogP contribution is -2.32. The number of carbonyl (C=O) groups excluding carboxylic acids is 1. The Morgan fingerprint density at radius 2 is 2.04 bits per heavy atom. The third kappa shape index (κ3) is 3.79. The number of amidine groups is 1. The number of carbonyl (C=O) groups is 1. The molecule has 23 heavy (non-hydrogen) atoms. The molecule has 0 aromatic heterocycles. The summed E-state index contributed by atoms with van der Waals surface area (Å²) in [5.41, 5.74) is 2.77. The summed E-state index contributed by atoms with van der Waals surface area (Å²) < 4.78 is 13.3. The van der Waals surface area contributed by atoms with Crippen LogP contribution in [0, 0.1) is 12.7 Å². The quantitative estimate of drug-likeness (QED) is 0.856. The molecule has 0 spiro atoms. The molecule has 0 radical (unpaired) electrons. The highest BCUT2D eigenvalue weighted by atomic mass is 32.2. The van der Waals surface area contributed by atoms with Gasteiger partial charge < -0.3 is 0 Å². The molecule has 3 nitrogen and oxygen atoms in total. The maximum absolute atomic E-state index is 13.3. The van der Waals surface area contributed by atoms with E-state index in [1.165, 1.54) is 35.0 Å². The lowest BCUT2D eigenvalue weighted by atomic mass is 10.2. The van der Waals surface area contributed by atoms with Crippen molar-refractivity contribution < 1.29 is 9.18 Å². The van der Waals surface area contributed by atoms with Crippen LogP contribution in [0.25, 0.3) is 0 Å². The molecule has 0 aliphatic carbocycles. The summed E-state index contributed by atoms with van der Waals surface area (Å²) in [6.45, 7) is 3.19. The number of hydrogen-bond donors (Lipinski definition) is 0. The smallest absolute Gasteiger partial charge is 0.259 e. The molecule has 1 amide bonds. The molecule has 0 atom stereocenters. The number of aliphatic imine (C=N–C) groups is 1. The highest BCUT2D eigenvalue weighted by molar-refractivity contribution is 8.13. The van der Waals surface area contributed by atoms with Crippen molar-refractivity contribution in [3.63, 3.8) is 0 Å². The van der Waals surface area contributed by atoms with Gasteiger partial charge in [0.2, 0.25) is 0 Å². The SMILES string of the molecule is Cc1ccc(CSC2=NCCN2C(=O)c2cccc(F)c2)cc1. The van der Waals surface area contributed by atoms with Crippen LogP contribution in [0.2, 0.25) is 0 Å². The molecule has 0 saturated heterocycles. The van der Waals surface area contributed by atoms with Gasteiger partial charge in [-0.05, 0) is 30.7 Å². The number of rotatable bonds is 3. The van der Waals surface area contributed by atoms with Crippen LogP contribution in [0.3, 0.4) is 0 Å². The van der Waals surface area contributed by atoms with E-state index in [9.17, 15) is 9.18 Å². The molecule has 2 aromatic carbocycles. The molecule has 5 heteroatoms. The highest BCUT2D eigenvalue weighted by Gasteiger charge is 2.25. The van der Waals surface area contributed by atoms with Crippen LogP contribution < -0.4 is 0 Å². The number of thioether (sulfide) groups is 1. The average molecular weight is 328 g/mol. The van der Waals surface area contributed by atoms with Crippen molar-refractivity contribution in [3.05, 3.63) is 71.0 Å². The average Bonchev–Trinajstić information content (AvgIpc) is 3.02. The van der Waals surface area contributed by atoms with Gasteiger partial charge >= 0.3 is 0 Å². The number of benzene rings is 2. The minimum atomic E-state index is -0.402. The summed E-state index contributed by atoms with van der Waals surface area (Å²) in [7, 11) is 0. The first-order valence-electron chi connectivity index (χ1n) is 7.44. The third-order valence-corrected chi connectivity index (χ3v) is 4.69. The van der Waals surface area contributed by atoms with Gasteiger partial charge in [-0.3, -0.25) is 14.7 Å². The number of amides is 1. The maximum atomic E-state index is 13.3. The standard InChI is InChI=1S/C18H17FN2OS/c1-13-5-7-14(8-6-13)12-23-18-20-9-10-21(18)17(22)15-3-2-4-16(19)11-15/h2-8,11H,9-10,12H2,1H3. The lowest BCUT2D eigenvalue weighted by molar-refractivity contribution is 0.0860. The molecule has 118 valence electrons. The predicted molar refractivity (Wildman–Crippen MR) is 92.2 cm³/mol. The summed E-state index contributed by atoms with van der Waals surface area (Å²) in [4.78, 5) is 18.6. The summed E-state index contributed by atoms with van der Waals surface area (Å²) in [6.07, 6.45) is 0. The zero-order chi connectivity index (χ0) is 16.2. The normalized spacial score (nSPS) is 14.0. The van der Waals surface area contributed by atoms with Crippen LogP contribution in [0.15, 0.2) is 53.5 Å². The summed E-state index contributed by atoms with van der Waals surface area (Å²) in [6, 6.07) is 14.1. The van der Waals surface area contributed by atoms with Crippen molar-refractivity contribution in [3.8, 4) is 0 Å². The number of hydrogen-bond acceptors (Lipinski definition) is 3. The minimum absolute atomic E-state index is 0.197. The summed E-state index contributed by atoms with van der Waals surface area (Å²) >= 11 is 1.54. The van der Waals surface area contributed by atoms with Gasteiger partial charge in [0.05, 0.1) is 6.54 Å². The second-order valence-corrected chi connectivity index (χ2v) is 6.35. The Hall–Kier alpha value is -2.14. The highest BCUT2D eigenvalue weighted by Crippen LogP contribution is 2.21. The van der Waals surface area contributed by atoms with E-state index in [4.69, 9.17) is 0 Å². The van der Waals surface area contributed by atoms with Gasteiger partial charge in [0, 0.05) is 17.9 Å². The molecule has 1 aliphatic heterocycles. The molecule has 3 rings (SSSR count). The number of nitrogens with zero attached hydrogens (tertiary/aromatic N) is 2. The third-order valence-electron chi connectivity index (χ3n) is 3.61. The van der Waals surface area contributed by atoms with Crippen LogP contribution in [0.1, 0.15) is 21.5 Å². The molecule has 2 aromatic rings. The fourth-order valence-corrected chi connectivity index (χ4v) is 3.35. The van der Waals surface area contributed by atoms with Crippen molar-refractivity contribution in [2.24, 2.45) is 4.99 Å². The molecule has 0 N–H and O–H groups in total. The molecular formula is C18H17FN2OS. The molecule has 0 bridgehead atoms. The minimum Gasteiger partial charge on any atom is -0.286 e. The zero-order valence-corrected chi connectivity index (χ0v) is 13.6. The van der Waals surface area contributed by atoms with Gasteiger partial charge in [-0.15, -0.1) is 0 Å². The molecule has 1 heterocycles. The zero-order valence-electron chi connectivity index (χ0n) is 12.8. The molecular weight excluding hydrogens is 311 g/mol. The Morgan fingerprint density at radius 3 is 2.78 bits per heavy atom. The van der Waals surface area contributed by atoms with Crippen LogP contribution in [-0.4, -0.2) is 29.1 Å². The van der Waals surface area contributed by atoms with Gasteiger partial charge in [-0.2, -0.15) is 0 Å². The van der Waals surface area contributed by atoms with E-state index in [0.29, 0.717) is 23.8 Å². The first-order valence-corrected chi connectivity index (χ1v) is 8.42. The van der Waals surface area contributed by atoms with Crippen LogP contribution in [0.4, 0.5) is 4.39 Å². The van der Waals surface area contributed by atoms with E-state index in [1.54, 1.807) is 17.0 Å². The van der Waals surface area contributed by atoms with Crippen molar-refractivity contribution >= 4 is 22.8 Å². The molecule has 0 unspecified atom stereocenters. The van der Waals surface area contributed by atoms with E-state index in [0.717, 1.165) is 5.75 Å². The van der Waals surface area contributed by atoms with Gasteiger partial charge in [0.25, 0.3) is 5.91 Å².